The van der Waals surface area contributed by atoms with Gasteiger partial charge in [-0.1, -0.05) is 12.1 Å². The molecule has 0 unspecified atom stereocenters. The number of thiazole rings is 1. The minimum Gasteiger partial charge on any atom is -0.494 e. The van der Waals surface area contributed by atoms with E-state index in [1.807, 2.05) is 55.5 Å². The van der Waals surface area contributed by atoms with Crippen molar-refractivity contribution in [1.29, 1.82) is 0 Å². The summed E-state index contributed by atoms with van der Waals surface area (Å²) < 4.78 is 17.3. The van der Waals surface area contributed by atoms with Crippen molar-refractivity contribution in [3.05, 3.63) is 53.5 Å². The van der Waals surface area contributed by atoms with Crippen LogP contribution in [-0.4, -0.2) is 24.2 Å². The fourth-order valence-electron chi connectivity index (χ4n) is 2.25. The van der Waals surface area contributed by atoms with Crippen LogP contribution in [0.25, 0.3) is 10.2 Å². The third kappa shape index (κ3) is 4.93. The van der Waals surface area contributed by atoms with Gasteiger partial charge in [-0.15, -0.1) is 11.3 Å². The van der Waals surface area contributed by atoms with Gasteiger partial charge in [0.15, 0.2) is 0 Å². The number of hydrogen-bond acceptors (Lipinski definition) is 6. The van der Waals surface area contributed by atoms with Gasteiger partial charge in [-0.2, -0.15) is 0 Å². The Morgan fingerprint density at radius 1 is 1.04 bits per heavy atom. The van der Waals surface area contributed by atoms with Gasteiger partial charge in [0.05, 0.1) is 29.9 Å². The molecule has 0 fully saturated rings. The Bertz CT molecular complexity index is 796. The number of esters is 1. The van der Waals surface area contributed by atoms with E-state index in [1.54, 1.807) is 0 Å². The van der Waals surface area contributed by atoms with Gasteiger partial charge in [0.25, 0.3) is 0 Å². The third-order valence-electron chi connectivity index (χ3n) is 3.40. The van der Waals surface area contributed by atoms with E-state index in [0.29, 0.717) is 12.4 Å². The van der Waals surface area contributed by atoms with E-state index in [2.05, 4.69) is 4.98 Å². The Morgan fingerprint density at radius 2 is 1.76 bits per heavy atom. The van der Waals surface area contributed by atoms with Crippen molar-refractivity contribution in [2.45, 2.75) is 20.0 Å². The van der Waals surface area contributed by atoms with E-state index in [9.17, 15) is 4.79 Å². The Kier molecular flexibility index (Phi) is 5.85. The first-order valence-corrected chi connectivity index (χ1v) is 8.92. The highest BCUT2D eigenvalue weighted by atomic mass is 32.1. The quantitative estimate of drug-likeness (QED) is 0.565. The molecule has 6 heteroatoms. The molecule has 3 aromatic rings. The molecule has 0 amide bonds. The Labute approximate surface area is 150 Å². The van der Waals surface area contributed by atoms with Gasteiger partial charge >= 0.3 is 5.97 Å². The average molecular weight is 357 g/mol. The van der Waals surface area contributed by atoms with Crippen molar-refractivity contribution in [3.8, 4) is 11.5 Å². The standard InChI is InChI=1S/C19H19NO4S/c1-2-22-14-7-9-15(10-8-14)23-12-11-19(21)24-13-18-20-16-5-3-4-6-17(16)25-18/h3-10H,2,11-13H2,1H3. The van der Waals surface area contributed by atoms with E-state index >= 15 is 0 Å². The zero-order valence-electron chi connectivity index (χ0n) is 13.9. The van der Waals surface area contributed by atoms with Crippen LogP contribution in [-0.2, 0) is 16.1 Å². The summed E-state index contributed by atoms with van der Waals surface area (Å²) in [6.07, 6.45) is 0.193. The van der Waals surface area contributed by atoms with Crippen LogP contribution in [0.15, 0.2) is 48.5 Å². The Hall–Kier alpha value is -2.60. The molecule has 0 aliphatic heterocycles. The van der Waals surface area contributed by atoms with E-state index in [1.165, 1.54) is 11.3 Å². The summed E-state index contributed by atoms with van der Waals surface area (Å²) in [6.45, 7) is 3.03. The SMILES string of the molecule is CCOc1ccc(OCCC(=O)OCc2nc3ccccc3s2)cc1. The molecule has 0 saturated heterocycles. The number of carbonyl (C=O) groups is 1. The summed E-state index contributed by atoms with van der Waals surface area (Å²) in [4.78, 5) is 16.2. The maximum Gasteiger partial charge on any atom is 0.309 e. The lowest BCUT2D eigenvalue weighted by Crippen LogP contribution is -2.09. The molecule has 0 aliphatic carbocycles. The number of aromatic nitrogens is 1. The molecule has 130 valence electrons. The fourth-order valence-corrected chi connectivity index (χ4v) is 3.13. The highest BCUT2D eigenvalue weighted by Crippen LogP contribution is 2.22. The van der Waals surface area contributed by atoms with Gasteiger partial charge in [0.1, 0.15) is 23.1 Å². The molecule has 0 bridgehead atoms. The lowest BCUT2D eigenvalue weighted by molar-refractivity contribution is -0.145. The van der Waals surface area contributed by atoms with Crippen LogP contribution in [0, 0.1) is 0 Å². The van der Waals surface area contributed by atoms with E-state index in [-0.39, 0.29) is 25.6 Å². The van der Waals surface area contributed by atoms with Crippen LogP contribution in [0.2, 0.25) is 0 Å². The van der Waals surface area contributed by atoms with Crippen molar-refractivity contribution in [1.82, 2.24) is 4.98 Å². The van der Waals surface area contributed by atoms with Gasteiger partial charge in [-0.3, -0.25) is 4.79 Å². The molecule has 1 heterocycles. The molecule has 0 atom stereocenters. The number of benzene rings is 2. The van der Waals surface area contributed by atoms with E-state index < -0.39 is 0 Å². The second-order valence-electron chi connectivity index (χ2n) is 5.24. The van der Waals surface area contributed by atoms with Crippen LogP contribution in [0.3, 0.4) is 0 Å². The van der Waals surface area contributed by atoms with Crippen LogP contribution in [0.1, 0.15) is 18.4 Å². The molecule has 0 saturated carbocycles. The normalized spacial score (nSPS) is 10.6. The smallest absolute Gasteiger partial charge is 0.309 e. The number of para-hydroxylation sites is 1. The van der Waals surface area contributed by atoms with Crippen LogP contribution in [0.4, 0.5) is 0 Å². The molecule has 0 radical (unpaired) electrons. The zero-order valence-corrected chi connectivity index (χ0v) is 14.8. The maximum absolute atomic E-state index is 11.8. The van der Waals surface area contributed by atoms with E-state index in [4.69, 9.17) is 14.2 Å². The second kappa shape index (κ2) is 8.48. The van der Waals surface area contributed by atoms with Crippen molar-refractivity contribution in [2.24, 2.45) is 0 Å². The topological polar surface area (TPSA) is 57.7 Å². The monoisotopic (exact) mass is 357 g/mol. The third-order valence-corrected chi connectivity index (χ3v) is 4.41. The average Bonchev–Trinajstić information content (AvgIpc) is 3.05. The largest absolute Gasteiger partial charge is 0.494 e. The van der Waals surface area contributed by atoms with Gasteiger partial charge in [0.2, 0.25) is 0 Å². The van der Waals surface area contributed by atoms with Crippen LogP contribution < -0.4 is 9.47 Å². The Morgan fingerprint density at radius 3 is 2.48 bits per heavy atom. The van der Waals surface area contributed by atoms with Gasteiger partial charge in [-0.25, -0.2) is 4.98 Å². The Balaban J connectivity index is 1.40. The molecule has 1 aromatic heterocycles. The lowest BCUT2D eigenvalue weighted by atomic mass is 10.3. The summed E-state index contributed by atoms with van der Waals surface area (Å²) in [7, 11) is 0. The van der Waals surface area contributed by atoms with E-state index in [0.717, 1.165) is 21.0 Å². The summed E-state index contributed by atoms with van der Waals surface area (Å²) >= 11 is 1.53. The highest BCUT2D eigenvalue weighted by molar-refractivity contribution is 7.18. The van der Waals surface area contributed by atoms with Crippen LogP contribution in [0.5, 0.6) is 11.5 Å². The lowest BCUT2D eigenvalue weighted by Gasteiger charge is -2.07. The van der Waals surface area contributed by atoms with Crippen molar-refractivity contribution in [3.63, 3.8) is 0 Å². The molecule has 5 nitrogen and oxygen atoms in total. The molecule has 25 heavy (non-hydrogen) atoms. The number of rotatable bonds is 8. The fraction of sp³-hybridized carbons (Fsp3) is 0.263. The number of hydrogen-bond donors (Lipinski definition) is 0. The predicted molar refractivity (Wildman–Crippen MR) is 97.1 cm³/mol. The number of fused-ring (bicyclic) bond motifs is 1. The summed E-state index contributed by atoms with van der Waals surface area (Å²) in [5.41, 5.74) is 0.928. The molecule has 0 aliphatic rings. The summed E-state index contributed by atoms with van der Waals surface area (Å²) in [6, 6.07) is 15.2. The number of nitrogens with zero attached hydrogens (tertiary/aromatic N) is 1. The first kappa shape index (κ1) is 17.2. The maximum atomic E-state index is 11.8. The van der Waals surface area contributed by atoms with Crippen molar-refractivity contribution >= 4 is 27.5 Å². The second-order valence-corrected chi connectivity index (χ2v) is 6.35. The van der Waals surface area contributed by atoms with Crippen molar-refractivity contribution < 1.29 is 19.0 Å². The minimum atomic E-state index is -0.301. The minimum absolute atomic E-state index is 0.193. The molecule has 3 rings (SSSR count). The van der Waals surface area contributed by atoms with Gasteiger partial charge < -0.3 is 14.2 Å². The van der Waals surface area contributed by atoms with Crippen LogP contribution >= 0.6 is 11.3 Å². The first-order valence-electron chi connectivity index (χ1n) is 8.10. The predicted octanol–water partition coefficient (Wildman–Crippen LogP) is 4.21. The van der Waals surface area contributed by atoms with Gasteiger partial charge in [0, 0.05) is 0 Å². The highest BCUT2D eigenvalue weighted by Gasteiger charge is 2.08. The molecular formula is C19H19NO4S. The summed E-state index contributed by atoms with van der Waals surface area (Å²) in [5, 5.41) is 0.794. The summed E-state index contributed by atoms with van der Waals surface area (Å²) in [5.74, 6) is 1.19. The molecule has 0 spiro atoms. The zero-order chi connectivity index (χ0) is 17.5. The number of ether oxygens (including phenoxy) is 3. The van der Waals surface area contributed by atoms with Gasteiger partial charge in [-0.05, 0) is 43.3 Å². The number of carbonyl (C=O) groups excluding carboxylic acids is 1. The first-order chi connectivity index (χ1) is 12.2. The van der Waals surface area contributed by atoms with Crippen molar-refractivity contribution in [2.75, 3.05) is 13.2 Å². The molecular weight excluding hydrogens is 338 g/mol. The molecule has 2 aromatic carbocycles. The molecule has 0 N–H and O–H groups in total.